The van der Waals surface area contributed by atoms with Crippen LogP contribution in [-0.2, 0) is 17.7 Å². The zero-order valence-electron chi connectivity index (χ0n) is 13.5. The molecule has 2 aliphatic rings. The van der Waals surface area contributed by atoms with Gasteiger partial charge in [0.25, 0.3) is 0 Å². The molecule has 0 aliphatic carbocycles. The summed E-state index contributed by atoms with van der Waals surface area (Å²) in [6, 6.07) is 2.38. The number of anilines is 2. The highest BCUT2D eigenvalue weighted by molar-refractivity contribution is 5.67. The molecule has 0 spiro atoms. The number of ether oxygens (including phenoxy) is 1. The number of aliphatic hydroxyl groups is 1. The second-order valence-electron chi connectivity index (χ2n) is 5.97. The van der Waals surface area contributed by atoms with E-state index in [0.717, 1.165) is 55.4 Å². The molecule has 23 heavy (non-hydrogen) atoms. The van der Waals surface area contributed by atoms with Crippen molar-refractivity contribution in [2.75, 3.05) is 63.3 Å². The largest absolute Gasteiger partial charge is 0.395 e. The molecule has 0 bridgehead atoms. The summed E-state index contributed by atoms with van der Waals surface area (Å²) >= 11 is 0. The number of nitrogens with one attached hydrogen (secondary N) is 1. The number of likely N-dealkylation sites (N-methyl/N-ethyl adjacent to an activating group) is 1. The minimum Gasteiger partial charge on any atom is -0.395 e. The van der Waals surface area contributed by atoms with Gasteiger partial charge in [-0.2, -0.15) is 5.26 Å². The molecule has 0 saturated carbocycles. The molecule has 0 atom stereocenters. The summed E-state index contributed by atoms with van der Waals surface area (Å²) in [6.07, 6.45) is 0.850. The molecule has 0 unspecified atom stereocenters. The van der Waals surface area contributed by atoms with Gasteiger partial charge in [-0.3, -0.25) is 0 Å². The van der Waals surface area contributed by atoms with E-state index in [4.69, 9.17) is 14.8 Å². The number of fused-ring (bicyclic) bond motifs is 1. The molecule has 7 heteroatoms. The molecule has 0 amide bonds. The van der Waals surface area contributed by atoms with E-state index in [1.807, 2.05) is 0 Å². The van der Waals surface area contributed by atoms with Crippen molar-refractivity contribution in [3.8, 4) is 6.07 Å². The highest BCUT2D eigenvalue weighted by Crippen LogP contribution is 2.33. The predicted molar refractivity (Wildman–Crippen MR) is 87.6 cm³/mol. The van der Waals surface area contributed by atoms with E-state index in [2.05, 4.69) is 28.2 Å². The van der Waals surface area contributed by atoms with Crippen molar-refractivity contribution in [2.24, 2.45) is 0 Å². The van der Waals surface area contributed by atoms with Crippen LogP contribution in [0.15, 0.2) is 0 Å². The number of nitriles is 1. The van der Waals surface area contributed by atoms with Gasteiger partial charge in [0, 0.05) is 38.3 Å². The standard InChI is InChI=1S/C16H23N5O2/c1-20-4-2-12-13(10-17)16(21-5-8-23-9-6-21)19-15(14(12)11-20)18-3-7-22/h22H,2-9,11H2,1H3,(H,18,19). The maximum Gasteiger partial charge on any atom is 0.149 e. The van der Waals surface area contributed by atoms with Crippen molar-refractivity contribution >= 4 is 11.6 Å². The molecule has 3 heterocycles. The van der Waals surface area contributed by atoms with E-state index < -0.39 is 0 Å². The Labute approximate surface area is 136 Å². The van der Waals surface area contributed by atoms with Crippen LogP contribution in [0, 0.1) is 11.3 Å². The molecule has 2 aliphatic heterocycles. The van der Waals surface area contributed by atoms with E-state index in [9.17, 15) is 5.26 Å². The van der Waals surface area contributed by atoms with Crippen molar-refractivity contribution in [1.29, 1.82) is 5.26 Å². The first kappa shape index (κ1) is 16.0. The van der Waals surface area contributed by atoms with Crippen LogP contribution in [-0.4, -0.2) is 68.0 Å². The molecular weight excluding hydrogens is 294 g/mol. The van der Waals surface area contributed by atoms with Gasteiger partial charge in [-0.1, -0.05) is 0 Å². The average molecular weight is 317 g/mol. The number of hydrogen-bond donors (Lipinski definition) is 2. The predicted octanol–water partition coefficient (Wildman–Crippen LogP) is 0.182. The fourth-order valence-electron chi connectivity index (χ4n) is 3.20. The Bertz CT molecular complexity index is 607. The van der Waals surface area contributed by atoms with Crippen LogP contribution in [0.4, 0.5) is 11.6 Å². The maximum absolute atomic E-state index is 9.72. The lowest BCUT2D eigenvalue weighted by atomic mass is 9.95. The van der Waals surface area contributed by atoms with E-state index in [1.165, 1.54) is 0 Å². The van der Waals surface area contributed by atoms with Crippen LogP contribution in [0.2, 0.25) is 0 Å². The average Bonchev–Trinajstić information content (AvgIpc) is 2.59. The van der Waals surface area contributed by atoms with Crippen molar-refractivity contribution in [2.45, 2.75) is 13.0 Å². The first-order chi connectivity index (χ1) is 11.2. The lowest BCUT2D eigenvalue weighted by Gasteiger charge is -2.33. The molecule has 1 fully saturated rings. The van der Waals surface area contributed by atoms with Gasteiger partial charge in [-0.15, -0.1) is 0 Å². The number of morpholine rings is 1. The summed E-state index contributed by atoms with van der Waals surface area (Å²) in [7, 11) is 2.07. The van der Waals surface area contributed by atoms with Gasteiger partial charge >= 0.3 is 0 Å². The second kappa shape index (κ2) is 7.13. The van der Waals surface area contributed by atoms with Crippen LogP contribution in [0.1, 0.15) is 16.7 Å². The SMILES string of the molecule is CN1CCc2c(C#N)c(N3CCOCC3)nc(NCCO)c2C1. The molecule has 0 radical (unpaired) electrons. The number of pyridine rings is 1. The molecular formula is C16H23N5O2. The van der Waals surface area contributed by atoms with E-state index in [1.54, 1.807) is 0 Å². The quantitative estimate of drug-likeness (QED) is 0.819. The minimum absolute atomic E-state index is 0.0547. The zero-order valence-corrected chi connectivity index (χ0v) is 13.5. The minimum atomic E-state index is 0.0547. The first-order valence-electron chi connectivity index (χ1n) is 8.06. The highest BCUT2D eigenvalue weighted by Gasteiger charge is 2.27. The van der Waals surface area contributed by atoms with Crippen molar-refractivity contribution in [3.05, 3.63) is 16.7 Å². The summed E-state index contributed by atoms with van der Waals surface area (Å²) in [5, 5.41) is 22.1. The normalized spacial score (nSPS) is 18.4. The summed E-state index contributed by atoms with van der Waals surface area (Å²) < 4.78 is 5.41. The Morgan fingerprint density at radius 2 is 2.09 bits per heavy atom. The molecule has 1 aromatic rings. The van der Waals surface area contributed by atoms with Gasteiger partial charge in [-0.05, 0) is 19.0 Å². The lowest BCUT2D eigenvalue weighted by molar-refractivity contribution is 0.122. The van der Waals surface area contributed by atoms with Crippen molar-refractivity contribution in [3.63, 3.8) is 0 Å². The van der Waals surface area contributed by atoms with Gasteiger partial charge in [-0.25, -0.2) is 4.98 Å². The van der Waals surface area contributed by atoms with E-state index >= 15 is 0 Å². The summed E-state index contributed by atoms with van der Waals surface area (Å²) in [5.41, 5.74) is 2.88. The summed E-state index contributed by atoms with van der Waals surface area (Å²) in [5.74, 6) is 1.54. The molecule has 1 saturated heterocycles. The lowest BCUT2D eigenvalue weighted by Crippen LogP contribution is -2.38. The van der Waals surface area contributed by atoms with Crippen LogP contribution < -0.4 is 10.2 Å². The van der Waals surface area contributed by atoms with Gasteiger partial charge < -0.3 is 25.0 Å². The van der Waals surface area contributed by atoms with Gasteiger partial charge in [0.15, 0.2) is 0 Å². The zero-order chi connectivity index (χ0) is 16.2. The Balaban J connectivity index is 2.06. The smallest absolute Gasteiger partial charge is 0.149 e. The van der Waals surface area contributed by atoms with Gasteiger partial charge in [0.05, 0.1) is 25.4 Å². The van der Waals surface area contributed by atoms with Crippen LogP contribution in [0.3, 0.4) is 0 Å². The Morgan fingerprint density at radius 1 is 1.30 bits per heavy atom. The summed E-state index contributed by atoms with van der Waals surface area (Å²) in [6.45, 7) is 5.04. The Morgan fingerprint density at radius 3 is 2.78 bits per heavy atom. The monoisotopic (exact) mass is 317 g/mol. The molecule has 0 aromatic carbocycles. The van der Waals surface area contributed by atoms with Crippen LogP contribution in [0.5, 0.6) is 0 Å². The third-order valence-corrected chi connectivity index (χ3v) is 4.39. The van der Waals surface area contributed by atoms with E-state index in [0.29, 0.717) is 25.3 Å². The number of aliphatic hydroxyl groups excluding tert-OH is 1. The van der Waals surface area contributed by atoms with Crippen molar-refractivity contribution < 1.29 is 9.84 Å². The number of aromatic nitrogens is 1. The third-order valence-electron chi connectivity index (χ3n) is 4.39. The maximum atomic E-state index is 9.72. The Kier molecular flexibility index (Phi) is 4.96. The van der Waals surface area contributed by atoms with Gasteiger partial charge in [0.1, 0.15) is 17.7 Å². The molecule has 7 nitrogen and oxygen atoms in total. The highest BCUT2D eigenvalue weighted by atomic mass is 16.5. The molecule has 1 aromatic heterocycles. The van der Waals surface area contributed by atoms with Crippen molar-refractivity contribution in [1.82, 2.24) is 9.88 Å². The fraction of sp³-hybridized carbons (Fsp3) is 0.625. The fourth-order valence-corrected chi connectivity index (χ4v) is 3.20. The molecule has 3 rings (SSSR count). The van der Waals surface area contributed by atoms with Gasteiger partial charge in [0.2, 0.25) is 0 Å². The third kappa shape index (κ3) is 3.24. The first-order valence-corrected chi connectivity index (χ1v) is 8.06. The van der Waals surface area contributed by atoms with Crippen LogP contribution >= 0.6 is 0 Å². The van der Waals surface area contributed by atoms with E-state index in [-0.39, 0.29) is 6.61 Å². The Hall–Kier alpha value is -1.88. The molecule has 124 valence electrons. The summed E-state index contributed by atoms with van der Waals surface area (Å²) in [4.78, 5) is 9.11. The topological polar surface area (TPSA) is 84.7 Å². The number of rotatable bonds is 4. The van der Waals surface area contributed by atoms with Crippen LogP contribution in [0.25, 0.3) is 0 Å². The second-order valence-corrected chi connectivity index (χ2v) is 5.97. The number of nitrogens with zero attached hydrogens (tertiary/aromatic N) is 4. The number of hydrogen-bond acceptors (Lipinski definition) is 7. The molecule has 2 N–H and O–H groups in total.